The van der Waals surface area contributed by atoms with E-state index >= 15 is 0 Å². The van der Waals surface area contributed by atoms with Crippen LogP contribution in [0.1, 0.15) is 48.0 Å². The molecule has 1 aliphatic rings. The number of pyridine rings is 1. The maximum Gasteiger partial charge on any atom is 0.248 e. The van der Waals surface area contributed by atoms with Crippen molar-refractivity contribution in [3.8, 4) is 0 Å². The summed E-state index contributed by atoms with van der Waals surface area (Å²) in [6, 6.07) is 19.4. The van der Waals surface area contributed by atoms with E-state index in [1.807, 2.05) is 18.2 Å². The minimum atomic E-state index is -0.126. The zero-order chi connectivity index (χ0) is 19.5. The van der Waals surface area contributed by atoms with Crippen molar-refractivity contribution < 1.29 is 4.79 Å². The molecule has 1 unspecified atom stereocenters. The van der Waals surface area contributed by atoms with Gasteiger partial charge in [0.15, 0.2) is 5.78 Å². The van der Waals surface area contributed by atoms with Crippen LogP contribution in [-0.2, 0) is 0 Å². The molecule has 144 valence electrons. The van der Waals surface area contributed by atoms with Crippen LogP contribution >= 0.6 is 0 Å². The van der Waals surface area contributed by atoms with Gasteiger partial charge in [0.2, 0.25) is 5.56 Å². The molecule has 1 aliphatic heterocycles. The molecule has 0 saturated carbocycles. The number of hydrogen-bond acceptors (Lipinski definition) is 3. The van der Waals surface area contributed by atoms with Gasteiger partial charge in [-0.3, -0.25) is 14.5 Å². The van der Waals surface area contributed by atoms with Gasteiger partial charge in [0.1, 0.15) is 0 Å². The van der Waals surface area contributed by atoms with Crippen molar-refractivity contribution in [2.24, 2.45) is 0 Å². The molecule has 0 spiro atoms. The maximum atomic E-state index is 13.2. The highest BCUT2D eigenvalue weighted by Crippen LogP contribution is 2.30. The van der Waals surface area contributed by atoms with Crippen LogP contribution in [-0.4, -0.2) is 34.8 Å². The van der Waals surface area contributed by atoms with E-state index in [0.29, 0.717) is 5.92 Å². The number of nitrogens with zero attached hydrogens (tertiary/aromatic N) is 1. The van der Waals surface area contributed by atoms with Crippen molar-refractivity contribution in [2.75, 3.05) is 13.1 Å². The fourth-order valence-corrected chi connectivity index (χ4v) is 4.38. The van der Waals surface area contributed by atoms with Crippen LogP contribution in [0.25, 0.3) is 10.9 Å². The maximum absolute atomic E-state index is 13.2. The van der Waals surface area contributed by atoms with E-state index < -0.39 is 0 Å². The molecule has 4 rings (SSSR count). The van der Waals surface area contributed by atoms with Crippen LogP contribution in [0.5, 0.6) is 0 Å². The molecule has 0 aliphatic carbocycles. The number of hydrogen-bond donors (Lipinski definition) is 1. The second kappa shape index (κ2) is 8.11. The summed E-state index contributed by atoms with van der Waals surface area (Å²) in [6.07, 6.45) is 2.98. The average molecular weight is 374 g/mol. The molecule has 0 radical (unpaired) electrons. The molecule has 1 saturated heterocycles. The summed E-state index contributed by atoms with van der Waals surface area (Å²) in [6.45, 7) is 3.99. The van der Waals surface area contributed by atoms with E-state index in [1.54, 1.807) is 6.07 Å². The number of carbonyl (C=O) groups excluding carboxylic acids is 1. The highest BCUT2D eigenvalue weighted by molar-refractivity contribution is 6.02. The summed E-state index contributed by atoms with van der Waals surface area (Å²) in [7, 11) is 0. The number of benzene rings is 2. The molecule has 4 heteroatoms. The number of carbonyl (C=O) groups is 1. The Morgan fingerprint density at radius 3 is 2.54 bits per heavy atom. The van der Waals surface area contributed by atoms with Gasteiger partial charge in [-0.05, 0) is 73.5 Å². The van der Waals surface area contributed by atoms with Gasteiger partial charge in [-0.15, -0.1) is 0 Å². The zero-order valence-electron chi connectivity index (χ0n) is 16.2. The molecule has 1 fully saturated rings. The molecular formula is C24H26N2O2. The number of likely N-dealkylation sites (tertiary alicyclic amines) is 1. The van der Waals surface area contributed by atoms with Crippen molar-refractivity contribution in [2.45, 2.75) is 38.1 Å². The van der Waals surface area contributed by atoms with Crippen molar-refractivity contribution >= 4 is 16.7 Å². The Hall–Kier alpha value is -2.72. The molecule has 2 aromatic carbocycles. The number of Topliss-reactive ketones (excluding diaryl/α,β-unsaturated/α-hetero) is 1. The summed E-state index contributed by atoms with van der Waals surface area (Å²) in [5.74, 6) is 0.760. The zero-order valence-corrected chi connectivity index (χ0v) is 16.2. The molecule has 0 amide bonds. The minimum absolute atomic E-state index is 0.0862. The third-order valence-electron chi connectivity index (χ3n) is 5.94. The van der Waals surface area contributed by atoms with E-state index in [2.05, 4.69) is 47.1 Å². The molecule has 1 N–H and O–H groups in total. The Labute approximate surface area is 165 Å². The first kappa shape index (κ1) is 18.6. The van der Waals surface area contributed by atoms with E-state index in [4.69, 9.17) is 0 Å². The molecular weight excluding hydrogens is 348 g/mol. The number of rotatable bonds is 5. The fourth-order valence-electron chi connectivity index (χ4n) is 4.38. The highest BCUT2D eigenvalue weighted by Gasteiger charge is 2.29. The molecule has 28 heavy (non-hydrogen) atoms. The van der Waals surface area contributed by atoms with Crippen LogP contribution in [0.3, 0.4) is 0 Å². The largest absolute Gasteiger partial charge is 0.322 e. The van der Waals surface area contributed by atoms with E-state index in [-0.39, 0.29) is 17.4 Å². The normalized spacial score (nSPS) is 16.9. The average Bonchev–Trinajstić information content (AvgIpc) is 2.75. The van der Waals surface area contributed by atoms with Crippen molar-refractivity contribution in [3.63, 3.8) is 0 Å². The van der Waals surface area contributed by atoms with Crippen LogP contribution in [0.2, 0.25) is 0 Å². The number of H-pyrrole nitrogens is 1. The van der Waals surface area contributed by atoms with Crippen molar-refractivity contribution in [3.05, 3.63) is 82.1 Å². The molecule has 3 aromatic rings. The first-order valence-electron chi connectivity index (χ1n) is 10.1. The lowest BCUT2D eigenvalue weighted by atomic mass is 9.88. The van der Waals surface area contributed by atoms with Crippen molar-refractivity contribution in [1.82, 2.24) is 9.88 Å². The highest BCUT2D eigenvalue weighted by atomic mass is 16.1. The van der Waals surface area contributed by atoms with Crippen LogP contribution in [0, 0.1) is 0 Å². The lowest BCUT2D eigenvalue weighted by Crippen LogP contribution is -2.45. The number of aromatic nitrogens is 1. The summed E-state index contributed by atoms with van der Waals surface area (Å²) >= 11 is 0. The number of nitrogens with one attached hydrogen (secondary N) is 1. The van der Waals surface area contributed by atoms with Crippen LogP contribution < -0.4 is 5.56 Å². The quantitative estimate of drug-likeness (QED) is 0.675. The first-order valence-corrected chi connectivity index (χ1v) is 10.1. The Balaban J connectivity index is 1.49. The van der Waals surface area contributed by atoms with Gasteiger partial charge in [-0.2, -0.15) is 0 Å². The molecule has 4 nitrogen and oxygen atoms in total. The van der Waals surface area contributed by atoms with Gasteiger partial charge >= 0.3 is 0 Å². The number of fused-ring (bicyclic) bond motifs is 1. The monoisotopic (exact) mass is 374 g/mol. The van der Waals surface area contributed by atoms with Crippen LogP contribution in [0.4, 0.5) is 0 Å². The molecule has 1 aromatic heterocycles. The Kier molecular flexibility index (Phi) is 5.40. The van der Waals surface area contributed by atoms with Gasteiger partial charge in [0.05, 0.1) is 6.04 Å². The summed E-state index contributed by atoms with van der Waals surface area (Å²) in [5, 5.41) is 0.892. The first-order chi connectivity index (χ1) is 13.7. The summed E-state index contributed by atoms with van der Waals surface area (Å²) in [4.78, 5) is 29.8. The second-order valence-corrected chi connectivity index (χ2v) is 7.63. The lowest BCUT2D eigenvalue weighted by molar-refractivity contribution is 0.0763. The molecule has 2 heterocycles. The lowest BCUT2D eigenvalue weighted by Gasteiger charge is -2.36. The Bertz CT molecular complexity index is 1020. The molecule has 1 atom stereocenters. The topological polar surface area (TPSA) is 53.2 Å². The number of aromatic amines is 1. The van der Waals surface area contributed by atoms with Gasteiger partial charge in [-0.25, -0.2) is 0 Å². The predicted octanol–water partition coefficient (Wildman–Crippen LogP) is 4.37. The third-order valence-corrected chi connectivity index (χ3v) is 5.94. The predicted molar refractivity (Wildman–Crippen MR) is 113 cm³/mol. The van der Waals surface area contributed by atoms with Gasteiger partial charge in [-0.1, -0.05) is 37.3 Å². The fraction of sp³-hybridized carbons (Fsp3) is 0.333. The minimum Gasteiger partial charge on any atom is -0.322 e. The standard InChI is InChI=1S/C24H26N2O2/c1-2-22(26-14-12-18(13-15-26)17-6-4-3-5-7-17)24(28)20-8-10-21-19(16-20)9-11-23(27)25-21/h3-11,16,18,22H,2,12-15H2,1H3,(H,25,27). The van der Waals surface area contributed by atoms with Crippen molar-refractivity contribution in [1.29, 1.82) is 0 Å². The van der Waals surface area contributed by atoms with Gasteiger partial charge < -0.3 is 4.98 Å². The molecule has 0 bridgehead atoms. The summed E-state index contributed by atoms with van der Waals surface area (Å²) < 4.78 is 0. The number of piperidine rings is 1. The SMILES string of the molecule is CCC(C(=O)c1ccc2[nH]c(=O)ccc2c1)N1CCC(c2ccccc2)CC1. The van der Waals surface area contributed by atoms with Gasteiger partial charge in [0, 0.05) is 17.1 Å². The smallest absolute Gasteiger partial charge is 0.248 e. The van der Waals surface area contributed by atoms with E-state index in [1.165, 1.54) is 11.6 Å². The van der Waals surface area contributed by atoms with E-state index in [9.17, 15) is 9.59 Å². The second-order valence-electron chi connectivity index (χ2n) is 7.63. The Morgan fingerprint density at radius 1 is 1.07 bits per heavy atom. The van der Waals surface area contributed by atoms with Gasteiger partial charge in [0.25, 0.3) is 0 Å². The van der Waals surface area contributed by atoms with Crippen LogP contribution in [0.15, 0.2) is 65.5 Å². The summed E-state index contributed by atoms with van der Waals surface area (Å²) in [5.41, 5.74) is 2.77. The van der Waals surface area contributed by atoms with E-state index in [0.717, 1.165) is 48.8 Å². The Morgan fingerprint density at radius 2 is 1.82 bits per heavy atom. The number of ketones is 1. The third kappa shape index (κ3) is 3.78.